The molecule has 0 amide bonds. The number of esters is 1. The Bertz CT molecular complexity index is 1570. The molecule has 0 saturated carbocycles. The van der Waals surface area contributed by atoms with E-state index in [0.717, 1.165) is 30.3 Å². The van der Waals surface area contributed by atoms with Gasteiger partial charge < -0.3 is 59.8 Å². The molecule has 14 heteroatoms. The maximum absolute atomic E-state index is 13.6. The molecule has 2 heterocycles. The van der Waals surface area contributed by atoms with E-state index in [1.807, 2.05) is 0 Å². The quantitative estimate of drug-likeness (QED) is 0.106. The molecular formula is C30H28O14. The lowest BCUT2D eigenvalue weighted by Gasteiger charge is -2.42. The molecule has 1 saturated heterocycles. The van der Waals surface area contributed by atoms with Crippen LogP contribution in [0.15, 0.2) is 60.7 Å². The second kappa shape index (κ2) is 12.4. The molecule has 7 unspecified atom stereocenters. The number of ether oxygens (including phenoxy) is 4. The molecular weight excluding hydrogens is 584 g/mol. The first-order chi connectivity index (χ1) is 20.9. The zero-order valence-corrected chi connectivity index (χ0v) is 22.6. The fourth-order valence-corrected chi connectivity index (χ4v) is 4.77. The SMILES string of the molecule is O=C(C=Cc1ccc(O)cc1)OCC1OC(OC2C(=O)c3c(O)cc(O)cc3OC2c2ccc(O)c(O)c2)C(O)C(O)C1O. The molecule has 3 aromatic carbocycles. The van der Waals surface area contributed by atoms with E-state index in [2.05, 4.69) is 0 Å². The van der Waals surface area contributed by atoms with Gasteiger partial charge in [-0.1, -0.05) is 18.2 Å². The molecule has 0 aromatic heterocycles. The van der Waals surface area contributed by atoms with Crippen molar-refractivity contribution < 1.29 is 69.4 Å². The number of hydrogen-bond acceptors (Lipinski definition) is 14. The van der Waals surface area contributed by atoms with E-state index in [1.54, 1.807) is 12.1 Å². The van der Waals surface area contributed by atoms with Crippen LogP contribution in [-0.4, -0.2) is 96.0 Å². The van der Waals surface area contributed by atoms with Crippen molar-refractivity contribution in [2.24, 2.45) is 0 Å². The maximum atomic E-state index is 13.6. The van der Waals surface area contributed by atoms with Crippen LogP contribution < -0.4 is 4.74 Å². The largest absolute Gasteiger partial charge is 0.508 e. The molecule has 8 N–H and O–H groups in total. The lowest BCUT2D eigenvalue weighted by Crippen LogP contribution is -2.60. The minimum absolute atomic E-state index is 0.0417. The Morgan fingerprint density at radius 1 is 0.818 bits per heavy atom. The van der Waals surface area contributed by atoms with E-state index in [1.165, 1.54) is 24.3 Å². The number of benzene rings is 3. The van der Waals surface area contributed by atoms with Crippen molar-refractivity contribution in [2.45, 2.75) is 42.9 Å². The Balaban J connectivity index is 1.36. The van der Waals surface area contributed by atoms with Gasteiger partial charge >= 0.3 is 5.97 Å². The van der Waals surface area contributed by atoms with Gasteiger partial charge in [0, 0.05) is 18.2 Å². The number of rotatable bonds is 7. The summed E-state index contributed by atoms with van der Waals surface area (Å²) in [6.45, 7) is -0.600. The highest BCUT2D eigenvalue weighted by Gasteiger charge is 2.49. The fraction of sp³-hybridized carbons (Fsp3) is 0.267. The number of fused-ring (bicyclic) bond motifs is 1. The highest BCUT2D eigenvalue weighted by atomic mass is 16.7. The van der Waals surface area contributed by atoms with Gasteiger partial charge in [0.15, 0.2) is 30.0 Å². The third-order valence-electron chi connectivity index (χ3n) is 7.07. The van der Waals surface area contributed by atoms with Crippen LogP contribution in [0.5, 0.6) is 34.5 Å². The zero-order chi connectivity index (χ0) is 31.7. The van der Waals surface area contributed by atoms with Gasteiger partial charge in [0.05, 0.1) is 0 Å². The lowest BCUT2D eigenvalue weighted by atomic mass is 9.92. The minimum atomic E-state index is -1.91. The third kappa shape index (κ3) is 6.24. The first-order valence-electron chi connectivity index (χ1n) is 13.2. The standard InChI is InChI=1S/C30H28O14/c31-15-5-1-13(2-6-15)3-8-22(36)41-12-21-24(37)26(39)27(40)30(43-21)44-29-25(38)23-19(35)10-16(32)11-20(23)42-28(29)14-4-7-17(33)18(34)9-14/h1-11,21,24,26-35,37,39-40H,12H2. The van der Waals surface area contributed by atoms with Crippen LogP contribution in [0.1, 0.15) is 27.6 Å². The van der Waals surface area contributed by atoms with Crippen molar-refractivity contribution in [1.29, 1.82) is 0 Å². The Morgan fingerprint density at radius 2 is 1.55 bits per heavy atom. The van der Waals surface area contributed by atoms with Gasteiger partial charge in [0.25, 0.3) is 0 Å². The number of carbonyl (C=O) groups is 2. The second-order valence-corrected chi connectivity index (χ2v) is 10.1. The number of phenols is 5. The summed E-state index contributed by atoms with van der Waals surface area (Å²) in [5.74, 6) is -4.00. The highest BCUT2D eigenvalue weighted by Crippen LogP contribution is 2.44. The smallest absolute Gasteiger partial charge is 0.330 e. The number of aromatic hydroxyl groups is 5. The van der Waals surface area contributed by atoms with Gasteiger partial charge in [-0.2, -0.15) is 0 Å². The number of ketones is 1. The number of aliphatic hydroxyl groups is 3. The normalized spacial score (nSPS) is 26.6. The molecule has 2 aliphatic rings. The zero-order valence-electron chi connectivity index (χ0n) is 22.6. The van der Waals surface area contributed by atoms with Crippen molar-refractivity contribution in [2.75, 3.05) is 6.61 Å². The van der Waals surface area contributed by atoms with Crippen molar-refractivity contribution in [1.82, 2.24) is 0 Å². The Labute approximate surface area is 248 Å². The van der Waals surface area contributed by atoms with Gasteiger partial charge in [0.1, 0.15) is 59.6 Å². The number of Topliss-reactive ketones (excluding diaryl/α,β-unsaturated/α-hetero) is 1. The summed E-state index contributed by atoms with van der Waals surface area (Å²) in [7, 11) is 0. The number of carbonyl (C=O) groups excluding carboxylic acids is 2. The van der Waals surface area contributed by atoms with Crippen LogP contribution >= 0.6 is 0 Å². The van der Waals surface area contributed by atoms with E-state index in [9.17, 15) is 50.4 Å². The fourth-order valence-electron chi connectivity index (χ4n) is 4.77. The summed E-state index contributed by atoms with van der Waals surface area (Å²) in [6, 6.07) is 11.4. The second-order valence-electron chi connectivity index (χ2n) is 10.1. The van der Waals surface area contributed by atoms with E-state index < -0.39 is 84.3 Å². The van der Waals surface area contributed by atoms with Crippen LogP contribution in [0.2, 0.25) is 0 Å². The highest BCUT2D eigenvalue weighted by molar-refractivity contribution is 6.05. The van der Waals surface area contributed by atoms with E-state index >= 15 is 0 Å². The summed E-state index contributed by atoms with van der Waals surface area (Å²) in [6.07, 6.45) is -9.39. The van der Waals surface area contributed by atoms with E-state index in [0.29, 0.717) is 5.56 Å². The average Bonchev–Trinajstić information content (AvgIpc) is 2.98. The van der Waals surface area contributed by atoms with Crippen LogP contribution in [0.3, 0.4) is 0 Å². The monoisotopic (exact) mass is 612 g/mol. The predicted molar refractivity (Wildman–Crippen MR) is 147 cm³/mol. The lowest BCUT2D eigenvalue weighted by molar-refractivity contribution is -0.312. The van der Waals surface area contributed by atoms with Gasteiger partial charge in [-0.25, -0.2) is 4.79 Å². The maximum Gasteiger partial charge on any atom is 0.330 e. The van der Waals surface area contributed by atoms with Crippen LogP contribution in [0, 0.1) is 0 Å². The van der Waals surface area contributed by atoms with Crippen molar-refractivity contribution >= 4 is 17.8 Å². The molecule has 0 aliphatic carbocycles. The molecule has 0 bridgehead atoms. The molecule has 232 valence electrons. The van der Waals surface area contributed by atoms with Gasteiger partial charge in [-0.05, 0) is 41.5 Å². The molecule has 44 heavy (non-hydrogen) atoms. The molecule has 7 atom stereocenters. The van der Waals surface area contributed by atoms with Crippen molar-refractivity contribution in [3.8, 4) is 34.5 Å². The summed E-state index contributed by atoms with van der Waals surface area (Å²) >= 11 is 0. The molecule has 3 aromatic rings. The third-order valence-corrected chi connectivity index (χ3v) is 7.07. The Morgan fingerprint density at radius 3 is 2.25 bits per heavy atom. The summed E-state index contributed by atoms with van der Waals surface area (Å²) in [4.78, 5) is 25.9. The van der Waals surface area contributed by atoms with Gasteiger partial charge in [-0.3, -0.25) is 4.79 Å². The summed E-state index contributed by atoms with van der Waals surface area (Å²) in [5.41, 5.74) is 0.312. The Hall–Kier alpha value is -4.86. The minimum Gasteiger partial charge on any atom is -0.508 e. The van der Waals surface area contributed by atoms with Gasteiger partial charge in [-0.15, -0.1) is 0 Å². The molecule has 5 rings (SSSR count). The van der Waals surface area contributed by atoms with Crippen LogP contribution in [0.4, 0.5) is 0 Å². The summed E-state index contributed by atoms with van der Waals surface area (Å²) < 4.78 is 22.4. The number of hydrogen-bond donors (Lipinski definition) is 8. The number of aliphatic hydroxyl groups excluding tert-OH is 3. The topological polar surface area (TPSA) is 233 Å². The molecule has 0 spiro atoms. The van der Waals surface area contributed by atoms with Crippen LogP contribution in [0.25, 0.3) is 6.08 Å². The average molecular weight is 613 g/mol. The van der Waals surface area contributed by atoms with Crippen molar-refractivity contribution in [3.63, 3.8) is 0 Å². The van der Waals surface area contributed by atoms with E-state index in [4.69, 9.17) is 18.9 Å². The van der Waals surface area contributed by atoms with Crippen molar-refractivity contribution in [3.05, 3.63) is 77.4 Å². The Kier molecular flexibility index (Phi) is 8.62. The summed E-state index contributed by atoms with van der Waals surface area (Å²) in [5, 5.41) is 81.1. The van der Waals surface area contributed by atoms with Gasteiger partial charge in [0.2, 0.25) is 5.78 Å². The molecule has 1 fully saturated rings. The first-order valence-corrected chi connectivity index (χ1v) is 13.2. The predicted octanol–water partition coefficient (Wildman–Crippen LogP) is 0.980. The molecule has 2 aliphatic heterocycles. The molecule has 0 radical (unpaired) electrons. The van der Waals surface area contributed by atoms with Crippen LogP contribution in [-0.2, 0) is 19.0 Å². The molecule has 14 nitrogen and oxygen atoms in total. The number of phenolic OH excluding ortho intramolecular Hbond substituents is 5. The van der Waals surface area contributed by atoms with E-state index in [-0.39, 0.29) is 22.6 Å². The first kappa shape index (κ1) is 30.6.